The van der Waals surface area contributed by atoms with Gasteiger partial charge in [-0.25, -0.2) is 0 Å². The number of carbonyl (C=O) groups is 2. The first-order valence-corrected chi connectivity index (χ1v) is 6.74. The van der Waals surface area contributed by atoms with Crippen LogP contribution in [0.1, 0.15) is 25.7 Å². The minimum Gasteiger partial charge on any atom is -0.481 e. The van der Waals surface area contributed by atoms with Crippen molar-refractivity contribution in [1.82, 2.24) is 5.32 Å². The molecular formula is C13H23NO5. The molecule has 0 saturated heterocycles. The van der Waals surface area contributed by atoms with Gasteiger partial charge in [0.2, 0.25) is 5.91 Å². The highest BCUT2D eigenvalue weighted by atomic mass is 16.5. The van der Waals surface area contributed by atoms with Gasteiger partial charge in [-0.2, -0.15) is 0 Å². The van der Waals surface area contributed by atoms with Crippen LogP contribution in [-0.4, -0.2) is 50.5 Å². The molecule has 1 amide bonds. The molecule has 0 aromatic heterocycles. The molecule has 1 aliphatic rings. The average molecular weight is 273 g/mol. The van der Waals surface area contributed by atoms with E-state index in [4.69, 9.17) is 14.6 Å². The van der Waals surface area contributed by atoms with Crippen LogP contribution in [0.5, 0.6) is 0 Å². The van der Waals surface area contributed by atoms with Crippen LogP contribution >= 0.6 is 0 Å². The van der Waals surface area contributed by atoms with E-state index in [0.29, 0.717) is 39.2 Å². The Bertz CT molecular complexity index is 295. The van der Waals surface area contributed by atoms with Crippen LogP contribution in [0.25, 0.3) is 0 Å². The number of ether oxygens (including phenoxy) is 2. The van der Waals surface area contributed by atoms with Crippen molar-refractivity contribution < 1.29 is 24.2 Å². The second-order valence-electron chi connectivity index (χ2n) is 4.73. The molecule has 1 aliphatic carbocycles. The first-order chi connectivity index (χ1) is 9.16. The van der Waals surface area contributed by atoms with Gasteiger partial charge in [-0.15, -0.1) is 0 Å². The van der Waals surface area contributed by atoms with E-state index in [1.54, 1.807) is 7.11 Å². The summed E-state index contributed by atoms with van der Waals surface area (Å²) in [6.45, 7) is 2.20. The SMILES string of the molecule is COCCOCCCNC(=O)C1CCCC1C(=O)O. The van der Waals surface area contributed by atoms with Crippen molar-refractivity contribution in [1.29, 1.82) is 0 Å². The fraction of sp³-hybridized carbons (Fsp3) is 0.846. The summed E-state index contributed by atoms with van der Waals surface area (Å²) in [6.07, 6.45) is 2.82. The molecule has 6 heteroatoms. The Balaban J connectivity index is 2.12. The van der Waals surface area contributed by atoms with Crippen molar-refractivity contribution in [2.75, 3.05) is 33.5 Å². The highest BCUT2D eigenvalue weighted by Crippen LogP contribution is 2.31. The quantitative estimate of drug-likeness (QED) is 0.603. The predicted octanol–water partition coefficient (Wildman–Crippen LogP) is 0.657. The van der Waals surface area contributed by atoms with Crippen molar-refractivity contribution in [2.45, 2.75) is 25.7 Å². The topological polar surface area (TPSA) is 84.9 Å². The van der Waals surface area contributed by atoms with Crippen LogP contribution in [0.15, 0.2) is 0 Å². The largest absolute Gasteiger partial charge is 0.481 e. The number of nitrogens with one attached hydrogen (secondary N) is 1. The first-order valence-electron chi connectivity index (χ1n) is 6.74. The first kappa shape index (κ1) is 15.9. The van der Waals surface area contributed by atoms with Crippen LogP contribution < -0.4 is 5.32 Å². The van der Waals surface area contributed by atoms with E-state index in [2.05, 4.69) is 5.32 Å². The zero-order valence-corrected chi connectivity index (χ0v) is 11.4. The molecule has 1 fully saturated rings. The predicted molar refractivity (Wildman–Crippen MR) is 68.8 cm³/mol. The van der Waals surface area contributed by atoms with Crippen LogP contribution in [0, 0.1) is 11.8 Å². The van der Waals surface area contributed by atoms with E-state index in [1.165, 1.54) is 0 Å². The number of hydrogen-bond donors (Lipinski definition) is 2. The molecule has 2 N–H and O–H groups in total. The van der Waals surface area contributed by atoms with Crippen molar-refractivity contribution in [2.24, 2.45) is 11.8 Å². The maximum Gasteiger partial charge on any atom is 0.307 e. The molecule has 1 rings (SSSR count). The molecule has 2 atom stereocenters. The molecule has 6 nitrogen and oxygen atoms in total. The van der Waals surface area contributed by atoms with Gasteiger partial charge in [0.15, 0.2) is 0 Å². The summed E-state index contributed by atoms with van der Waals surface area (Å²) >= 11 is 0. The highest BCUT2D eigenvalue weighted by molar-refractivity contribution is 5.85. The third-order valence-electron chi connectivity index (χ3n) is 3.37. The Kier molecular flexibility index (Phi) is 7.43. The van der Waals surface area contributed by atoms with Gasteiger partial charge >= 0.3 is 5.97 Å². The number of rotatable bonds is 9. The van der Waals surface area contributed by atoms with Crippen molar-refractivity contribution in [3.63, 3.8) is 0 Å². The lowest BCUT2D eigenvalue weighted by molar-refractivity contribution is -0.146. The van der Waals surface area contributed by atoms with Gasteiger partial charge in [-0.05, 0) is 19.3 Å². The van der Waals surface area contributed by atoms with E-state index in [9.17, 15) is 9.59 Å². The number of carboxylic acid groups (broad SMARTS) is 1. The third kappa shape index (κ3) is 5.57. The Morgan fingerprint density at radius 2 is 1.95 bits per heavy atom. The van der Waals surface area contributed by atoms with Crippen LogP contribution in [-0.2, 0) is 19.1 Å². The molecule has 0 aliphatic heterocycles. The van der Waals surface area contributed by atoms with E-state index in [1.807, 2.05) is 0 Å². The summed E-state index contributed by atoms with van der Waals surface area (Å²) in [7, 11) is 1.62. The molecule has 2 unspecified atom stereocenters. The molecule has 19 heavy (non-hydrogen) atoms. The molecule has 1 saturated carbocycles. The molecule has 110 valence electrons. The van der Waals surface area contributed by atoms with Crippen LogP contribution in [0.2, 0.25) is 0 Å². The molecule has 0 aromatic rings. The number of methoxy groups -OCH3 is 1. The second-order valence-corrected chi connectivity index (χ2v) is 4.73. The summed E-state index contributed by atoms with van der Waals surface area (Å²) in [6, 6.07) is 0. The van der Waals surface area contributed by atoms with Crippen molar-refractivity contribution >= 4 is 11.9 Å². The molecule has 0 bridgehead atoms. The molecule has 0 radical (unpaired) electrons. The van der Waals surface area contributed by atoms with E-state index in [0.717, 1.165) is 12.8 Å². The van der Waals surface area contributed by atoms with Crippen molar-refractivity contribution in [3.8, 4) is 0 Å². The smallest absolute Gasteiger partial charge is 0.307 e. The summed E-state index contributed by atoms with van der Waals surface area (Å²) in [5, 5.41) is 11.8. The Morgan fingerprint density at radius 1 is 1.21 bits per heavy atom. The zero-order chi connectivity index (χ0) is 14.1. The van der Waals surface area contributed by atoms with Gasteiger partial charge in [-0.3, -0.25) is 9.59 Å². The van der Waals surface area contributed by atoms with Gasteiger partial charge in [0.1, 0.15) is 0 Å². The number of aliphatic carboxylic acids is 1. The lowest BCUT2D eigenvalue weighted by Crippen LogP contribution is -2.36. The van der Waals surface area contributed by atoms with E-state index >= 15 is 0 Å². The summed E-state index contributed by atoms with van der Waals surface area (Å²) in [5.74, 6) is -1.88. The molecule has 0 spiro atoms. The summed E-state index contributed by atoms with van der Waals surface area (Å²) < 4.78 is 10.1. The van der Waals surface area contributed by atoms with Gasteiger partial charge in [0.25, 0.3) is 0 Å². The normalized spacial score (nSPS) is 22.4. The third-order valence-corrected chi connectivity index (χ3v) is 3.37. The van der Waals surface area contributed by atoms with E-state index < -0.39 is 11.9 Å². The Morgan fingerprint density at radius 3 is 2.63 bits per heavy atom. The minimum absolute atomic E-state index is 0.137. The number of carboxylic acids is 1. The number of carbonyl (C=O) groups excluding carboxylic acids is 1. The van der Waals surface area contributed by atoms with Crippen molar-refractivity contribution in [3.05, 3.63) is 0 Å². The molecular weight excluding hydrogens is 250 g/mol. The number of amides is 1. The second kappa shape index (κ2) is 8.87. The van der Waals surface area contributed by atoms with Gasteiger partial charge in [0, 0.05) is 20.3 Å². The van der Waals surface area contributed by atoms with E-state index in [-0.39, 0.29) is 11.8 Å². The Hall–Kier alpha value is -1.14. The summed E-state index contributed by atoms with van der Waals surface area (Å²) in [5.41, 5.74) is 0. The van der Waals surface area contributed by atoms with Crippen LogP contribution in [0.4, 0.5) is 0 Å². The zero-order valence-electron chi connectivity index (χ0n) is 11.4. The van der Waals surface area contributed by atoms with Crippen LogP contribution in [0.3, 0.4) is 0 Å². The summed E-state index contributed by atoms with van der Waals surface area (Å²) in [4.78, 5) is 22.8. The van der Waals surface area contributed by atoms with Gasteiger partial charge < -0.3 is 19.9 Å². The maximum atomic E-state index is 11.9. The fourth-order valence-corrected chi connectivity index (χ4v) is 2.33. The standard InChI is InChI=1S/C13H23NO5/c1-18-8-9-19-7-3-6-14-12(15)10-4-2-5-11(10)13(16)17/h10-11H,2-9H2,1H3,(H,14,15)(H,16,17). The average Bonchev–Trinajstić information content (AvgIpc) is 2.87. The Labute approximate surface area is 113 Å². The van der Waals surface area contributed by atoms with Gasteiger partial charge in [0.05, 0.1) is 25.0 Å². The molecule has 0 heterocycles. The minimum atomic E-state index is -0.861. The lowest BCUT2D eigenvalue weighted by Gasteiger charge is -2.15. The lowest BCUT2D eigenvalue weighted by atomic mass is 9.95. The fourth-order valence-electron chi connectivity index (χ4n) is 2.33. The molecule has 0 aromatic carbocycles. The van der Waals surface area contributed by atoms with Gasteiger partial charge in [-0.1, -0.05) is 6.42 Å². The maximum absolute atomic E-state index is 11.9. The monoisotopic (exact) mass is 273 g/mol. The number of hydrogen-bond acceptors (Lipinski definition) is 4. The highest BCUT2D eigenvalue weighted by Gasteiger charge is 2.37.